The molecule has 0 saturated heterocycles. The zero-order valence-electron chi connectivity index (χ0n) is 8.56. The van der Waals surface area contributed by atoms with Crippen molar-refractivity contribution < 1.29 is 24.6 Å². The molecule has 0 rings (SSSR count). The molecule has 6 heteroatoms. The maximum absolute atomic E-state index is 10.7. The van der Waals surface area contributed by atoms with Crippen LogP contribution in [0.1, 0.15) is 27.2 Å². The average molecular weight is 224 g/mol. The molecule has 0 heterocycles. The van der Waals surface area contributed by atoms with Crippen LogP contribution in [-0.4, -0.2) is 31.2 Å². The Labute approximate surface area is 83.2 Å². The summed E-state index contributed by atoms with van der Waals surface area (Å²) < 4.78 is 10.7. The van der Waals surface area contributed by atoms with Gasteiger partial charge in [0.25, 0.3) is 0 Å². The first-order valence-corrected chi connectivity index (χ1v) is 5.68. The summed E-state index contributed by atoms with van der Waals surface area (Å²) in [4.78, 5) is 17.5. The molecule has 0 aromatic heterocycles. The van der Waals surface area contributed by atoms with Gasteiger partial charge < -0.3 is 20.0 Å². The summed E-state index contributed by atoms with van der Waals surface area (Å²) in [6.07, 6.45) is -0.346. The quantitative estimate of drug-likeness (QED) is 0.524. The summed E-state index contributed by atoms with van der Waals surface area (Å²) in [5.41, 5.74) is -3.07. The van der Waals surface area contributed by atoms with Gasteiger partial charge in [0.2, 0.25) is 0 Å². The molecule has 0 spiro atoms. The standard InChI is InChI=1S/C8H17O5P/c1-6(14(11,12)13)5-8(4,10)7(2,3)9/h9-10H,1,5H2,2-4H3,(H2,11,12,13). The van der Waals surface area contributed by atoms with Crippen molar-refractivity contribution in [1.82, 2.24) is 0 Å². The SMILES string of the molecule is C=C(CC(C)(O)C(C)(C)O)P(=O)(O)O. The lowest BCUT2D eigenvalue weighted by atomic mass is 9.85. The fourth-order valence-corrected chi connectivity index (χ4v) is 1.23. The third kappa shape index (κ3) is 3.52. The van der Waals surface area contributed by atoms with Gasteiger partial charge in [-0.1, -0.05) is 6.58 Å². The van der Waals surface area contributed by atoms with Gasteiger partial charge >= 0.3 is 7.60 Å². The van der Waals surface area contributed by atoms with Gasteiger partial charge in [0.15, 0.2) is 0 Å². The topological polar surface area (TPSA) is 98.0 Å². The van der Waals surface area contributed by atoms with Gasteiger partial charge in [0, 0.05) is 11.7 Å². The number of rotatable bonds is 4. The summed E-state index contributed by atoms with van der Waals surface area (Å²) in [5, 5.41) is 18.9. The molecule has 0 fully saturated rings. The molecule has 0 aliphatic heterocycles. The van der Waals surface area contributed by atoms with Crippen LogP contribution < -0.4 is 0 Å². The molecule has 0 aromatic carbocycles. The zero-order chi connectivity index (χ0) is 11.8. The lowest BCUT2D eigenvalue weighted by molar-refractivity contribution is -0.118. The van der Waals surface area contributed by atoms with Crippen molar-refractivity contribution in [3.8, 4) is 0 Å². The van der Waals surface area contributed by atoms with Crippen LogP contribution in [0.15, 0.2) is 11.9 Å². The molecule has 0 amide bonds. The maximum Gasteiger partial charge on any atom is 0.351 e. The van der Waals surface area contributed by atoms with E-state index in [9.17, 15) is 14.8 Å². The molecule has 4 N–H and O–H groups in total. The first-order valence-electron chi connectivity index (χ1n) is 4.06. The van der Waals surface area contributed by atoms with Gasteiger partial charge in [-0.25, -0.2) is 0 Å². The van der Waals surface area contributed by atoms with E-state index in [1.807, 2.05) is 0 Å². The monoisotopic (exact) mass is 224 g/mol. The third-order valence-electron chi connectivity index (χ3n) is 2.28. The highest BCUT2D eigenvalue weighted by Gasteiger charge is 2.40. The highest BCUT2D eigenvalue weighted by Crippen LogP contribution is 2.48. The molecule has 84 valence electrons. The van der Waals surface area contributed by atoms with Crippen LogP contribution in [0.25, 0.3) is 0 Å². The molecule has 14 heavy (non-hydrogen) atoms. The van der Waals surface area contributed by atoms with E-state index >= 15 is 0 Å². The Morgan fingerprint density at radius 3 is 1.86 bits per heavy atom. The minimum Gasteiger partial charge on any atom is -0.387 e. The highest BCUT2D eigenvalue weighted by molar-refractivity contribution is 7.56. The smallest absolute Gasteiger partial charge is 0.351 e. The lowest BCUT2D eigenvalue weighted by Gasteiger charge is -2.36. The van der Waals surface area contributed by atoms with Crippen LogP contribution in [0, 0.1) is 0 Å². The van der Waals surface area contributed by atoms with E-state index < -0.39 is 18.8 Å². The molecule has 0 aliphatic carbocycles. The Morgan fingerprint density at radius 1 is 1.29 bits per heavy atom. The minimum atomic E-state index is -4.39. The van der Waals surface area contributed by atoms with Crippen LogP contribution in [0.3, 0.4) is 0 Å². The number of hydrogen-bond acceptors (Lipinski definition) is 3. The molecular weight excluding hydrogens is 207 g/mol. The van der Waals surface area contributed by atoms with Crippen molar-refractivity contribution in [3.05, 3.63) is 11.9 Å². The Bertz CT molecular complexity index is 270. The molecule has 0 aromatic rings. The second kappa shape index (κ2) is 3.76. The van der Waals surface area contributed by atoms with E-state index in [1.54, 1.807) is 0 Å². The van der Waals surface area contributed by atoms with Gasteiger partial charge in [-0.15, -0.1) is 0 Å². The van der Waals surface area contributed by atoms with Crippen molar-refractivity contribution >= 4 is 7.60 Å². The van der Waals surface area contributed by atoms with E-state index in [-0.39, 0.29) is 11.7 Å². The molecule has 0 radical (unpaired) electrons. The molecule has 0 saturated carbocycles. The second-order valence-electron chi connectivity index (χ2n) is 4.12. The van der Waals surface area contributed by atoms with Crippen molar-refractivity contribution in [2.75, 3.05) is 0 Å². The zero-order valence-corrected chi connectivity index (χ0v) is 9.45. The molecule has 5 nitrogen and oxygen atoms in total. The molecule has 1 atom stereocenters. The van der Waals surface area contributed by atoms with Gasteiger partial charge in [0.1, 0.15) is 0 Å². The van der Waals surface area contributed by atoms with Crippen LogP contribution in [0.4, 0.5) is 0 Å². The first kappa shape index (κ1) is 13.8. The first-order chi connectivity index (χ1) is 5.88. The summed E-state index contributed by atoms with van der Waals surface area (Å²) in [6.45, 7) is 7.21. The summed E-state index contributed by atoms with van der Waals surface area (Å²) >= 11 is 0. The fraction of sp³-hybridized carbons (Fsp3) is 0.750. The lowest BCUT2D eigenvalue weighted by Crippen LogP contribution is -2.47. The fourth-order valence-electron chi connectivity index (χ4n) is 0.717. The van der Waals surface area contributed by atoms with Gasteiger partial charge in [0.05, 0.1) is 11.2 Å². The van der Waals surface area contributed by atoms with E-state index in [1.165, 1.54) is 20.8 Å². The Balaban J connectivity index is 4.71. The summed E-state index contributed by atoms with van der Waals surface area (Å²) in [7, 11) is -4.39. The molecule has 1 unspecified atom stereocenters. The Morgan fingerprint density at radius 2 is 1.64 bits per heavy atom. The summed E-state index contributed by atoms with van der Waals surface area (Å²) in [5.74, 6) is 0. The van der Waals surface area contributed by atoms with Gasteiger partial charge in [-0.3, -0.25) is 4.57 Å². The summed E-state index contributed by atoms with van der Waals surface area (Å²) in [6, 6.07) is 0. The van der Waals surface area contributed by atoms with E-state index in [0.29, 0.717) is 0 Å². The number of aliphatic hydroxyl groups is 2. The number of hydrogen-bond donors (Lipinski definition) is 4. The minimum absolute atomic E-state index is 0.346. The van der Waals surface area contributed by atoms with E-state index in [4.69, 9.17) is 9.79 Å². The van der Waals surface area contributed by atoms with Gasteiger partial charge in [-0.2, -0.15) is 0 Å². The maximum atomic E-state index is 10.7. The normalized spacial score (nSPS) is 17.6. The molecule has 0 aliphatic rings. The van der Waals surface area contributed by atoms with Gasteiger partial charge in [-0.05, 0) is 20.8 Å². The van der Waals surface area contributed by atoms with E-state index in [0.717, 1.165) is 0 Å². The van der Waals surface area contributed by atoms with Crippen LogP contribution >= 0.6 is 7.60 Å². The predicted octanol–water partition coefficient (Wildman–Crippen LogP) is 0.590. The van der Waals surface area contributed by atoms with E-state index in [2.05, 4.69) is 6.58 Å². The van der Waals surface area contributed by atoms with Crippen molar-refractivity contribution in [1.29, 1.82) is 0 Å². The van der Waals surface area contributed by atoms with Crippen LogP contribution in [0.5, 0.6) is 0 Å². The average Bonchev–Trinajstić information content (AvgIpc) is 1.80. The van der Waals surface area contributed by atoms with Crippen molar-refractivity contribution in [2.45, 2.75) is 38.4 Å². The Kier molecular flexibility index (Phi) is 3.71. The van der Waals surface area contributed by atoms with Crippen LogP contribution in [-0.2, 0) is 4.57 Å². The Hall–Kier alpha value is -0.190. The van der Waals surface area contributed by atoms with Crippen molar-refractivity contribution in [3.63, 3.8) is 0 Å². The largest absolute Gasteiger partial charge is 0.387 e. The molecule has 0 bridgehead atoms. The molecular formula is C8H17O5P. The highest BCUT2D eigenvalue weighted by atomic mass is 31.2. The third-order valence-corrected chi connectivity index (χ3v) is 3.26. The van der Waals surface area contributed by atoms with Crippen LogP contribution in [0.2, 0.25) is 0 Å². The van der Waals surface area contributed by atoms with Crippen molar-refractivity contribution in [2.24, 2.45) is 0 Å². The second-order valence-corrected chi connectivity index (χ2v) is 5.84. The predicted molar refractivity (Wildman–Crippen MR) is 52.7 cm³/mol.